The van der Waals surface area contributed by atoms with Gasteiger partial charge in [0, 0.05) is 44.7 Å². The lowest BCUT2D eigenvalue weighted by Crippen LogP contribution is -2.23. The predicted molar refractivity (Wildman–Crippen MR) is 115 cm³/mol. The monoisotopic (exact) mass is 422 g/mol. The van der Waals surface area contributed by atoms with Gasteiger partial charge in [0.15, 0.2) is 0 Å². The van der Waals surface area contributed by atoms with Crippen LogP contribution in [-0.4, -0.2) is 40.9 Å². The summed E-state index contributed by atoms with van der Waals surface area (Å²) in [6.45, 7) is 4.49. The Morgan fingerprint density at radius 2 is 1.79 bits per heavy atom. The van der Waals surface area contributed by atoms with Gasteiger partial charge in [-0.1, -0.05) is 48.5 Å². The summed E-state index contributed by atoms with van der Waals surface area (Å²) in [5.41, 5.74) is 5.18. The summed E-state index contributed by atoms with van der Waals surface area (Å²) in [5.74, 6) is 0.423. The molecule has 2 aromatic carbocycles. The zero-order valence-corrected chi connectivity index (χ0v) is 17.4. The van der Waals surface area contributed by atoms with E-state index in [1.807, 2.05) is 18.2 Å². The molecule has 1 saturated carbocycles. The second-order valence-corrected chi connectivity index (χ2v) is 8.18. The summed E-state index contributed by atoms with van der Waals surface area (Å²) >= 11 is 0. The maximum atomic E-state index is 10.9. The molecule has 1 aliphatic carbocycles. The number of likely N-dealkylation sites (tertiary alicyclic amines) is 1. The molecule has 28 heavy (non-hydrogen) atoms. The van der Waals surface area contributed by atoms with E-state index < -0.39 is 0 Å². The van der Waals surface area contributed by atoms with Crippen LogP contribution in [0.4, 0.5) is 0 Å². The number of aliphatic hydroxyl groups is 2. The van der Waals surface area contributed by atoms with E-state index in [1.54, 1.807) is 0 Å². The van der Waals surface area contributed by atoms with Gasteiger partial charge in [-0.2, -0.15) is 0 Å². The molecular weight excluding hydrogens is 395 g/mol. The SMILES string of the molecule is Cl.Cl.OC[C@@H]1[C@@H](c2ccccc2)[C@]12CN(Cc1ccc3c(c1)CNC3)C[C@H]2O. The molecule has 1 saturated heterocycles. The standard InChI is InChI=1S/C22H26N2O2.2ClH/c25-13-19-21(16-4-2-1-3-5-16)22(19)14-24(12-20(22)26)11-15-6-7-17-9-23-10-18(17)8-15;;/h1-8,19-21,23,25-26H,9-14H2;2*1H/t19-,20-,21-,22-;;/m1../s1. The number of aliphatic hydroxyl groups excluding tert-OH is 2. The minimum absolute atomic E-state index is 0. The van der Waals surface area contributed by atoms with Crippen LogP contribution in [0, 0.1) is 11.3 Å². The van der Waals surface area contributed by atoms with E-state index in [0.717, 1.165) is 26.2 Å². The number of fused-ring (bicyclic) bond motifs is 1. The molecule has 2 heterocycles. The highest BCUT2D eigenvalue weighted by atomic mass is 35.5. The molecule has 152 valence electrons. The van der Waals surface area contributed by atoms with E-state index in [9.17, 15) is 10.2 Å². The van der Waals surface area contributed by atoms with Crippen molar-refractivity contribution in [3.05, 3.63) is 70.8 Å². The van der Waals surface area contributed by atoms with Crippen LogP contribution in [0.5, 0.6) is 0 Å². The molecule has 4 atom stereocenters. The highest BCUT2D eigenvalue weighted by Gasteiger charge is 2.70. The van der Waals surface area contributed by atoms with Gasteiger partial charge < -0.3 is 15.5 Å². The van der Waals surface area contributed by atoms with Gasteiger partial charge in [-0.3, -0.25) is 4.90 Å². The van der Waals surface area contributed by atoms with E-state index in [-0.39, 0.29) is 54.8 Å². The number of nitrogens with one attached hydrogen (secondary N) is 1. The van der Waals surface area contributed by atoms with Crippen molar-refractivity contribution in [2.45, 2.75) is 31.7 Å². The van der Waals surface area contributed by atoms with Crippen LogP contribution in [0.15, 0.2) is 48.5 Å². The molecule has 3 N–H and O–H groups in total. The third-order valence-corrected chi connectivity index (χ3v) is 6.77. The molecule has 0 unspecified atom stereocenters. The van der Waals surface area contributed by atoms with Crippen LogP contribution >= 0.6 is 24.8 Å². The Kier molecular flexibility index (Phi) is 6.40. The lowest BCUT2D eigenvalue weighted by Gasteiger charge is -2.17. The zero-order chi connectivity index (χ0) is 17.7. The van der Waals surface area contributed by atoms with Crippen molar-refractivity contribution in [3.63, 3.8) is 0 Å². The first-order valence-corrected chi connectivity index (χ1v) is 9.60. The molecule has 4 nitrogen and oxygen atoms in total. The molecule has 0 aromatic heterocycles. The molecule has 1 spiro atoms. The fourth-order valence-electron chi connectivity index (χ4n) is 5.49. The zero-order valence-electron chi connectivity index (χ0n) is 15.8. The molecule has 3 aliphatic rings. The van der Waals surface area contributed by atoms with Crippen molar-refractivity contribution in [1.82, 2.24) is 10.2 Å². The van der Waals surface area contributed by atoms with Gasteiger partial charge in [-0.05, 0) is 34.1 Å². The number of benzene rings is 2. The quantitative estimate of drug-likeness (QED) is 0.708. The molecule has 2 aliphatic heterocycles. The molecule has 0 amide bonds. The normalized spacial score (nSPS) is 30.6. The van der Waals surface area contributed by atoms with Crippen LogP contribution in [0.3, 0.4) is 0 Å². The van der Waals surface area contributed by atoms with Crippen molar-refractivity contribution in [3.8, 4) is 0 Å². The summed E-state index contributed by atoms with van der Waals surface area (Å²) in [4.78, 5) is 2.36. The van der Waals surface area contributed by atoms with E-state index in [0.29, 0.717) is 6.54 Å². The smallest absolute Gasteiger partial charge is 0.0745 e. The molecule has 6 heteroatoms. The van der Waals surface area contributed by atoms with Crippen LogP contribution in [-0.2, 0) is 19.6 Å². The summed E-state index contributed by atoms with van der Waals surface area (Å²) in [6.07, 6.45) is -0.374. The number of nitrogens with zero attached hydrogens (tertiary/aromatic N) is 1. The van der Waals surface area contributed by atoms with Crippen LogP contribution < -0.4 is 5.32 Å². The second-order valence-electron chi connectivity index (χ2n) is 8.18. The first-order valence-electron chi connectivity index (χ1n) is 9.60. The Balaban J connectivity index is 0.00000112. The van der Waals surface area contributed by atoms with E-state index in [4.69, 9.17) is 0 Å². The van der Waals surface area contributed by atoms with Crippen molar-refractivity contribution in [2.24, 2.45) is 11.3 Å². The average molecular weight is 423 g/mol. The first-order chi connectivity index (χ1) is 12.7. The number of rotatable bonds is 4. The van der Waals surface area contributed by atoms with Gasteiger partial charge in [0.25, 0.3) is 0 Å². The minimum atomic E-state index is -0.374. The summed E-state index contributed by atoms with van der Waals surface area (Å²) in [5, 5.41) is 24.2. The number of β-amino-alcohol motifs (C(OH)–C–C–N with tert-alkyl or cyclic N) is 1. The Morgan fingerprint density at radius 1 is 1.04 bits per heavy atom. The van der Waals surface area contributed by atoms with Crippen molar-refractivity contribution < 1.29 is 10.2 Å². The second kappa shape index (κ2) is 8.31. The molecular formula is C22H28Cl2N2O2. The Morgan fingerprint density at radius 3 is 2.54 bits per heavy atom. The van der Waals surface area contributed by atoms with Crippen LogP contribution in [0.25, 0.3) is 0 Å². The lowest BCUT2D eigenvalue weighted by molar-refractivity contribution is 0.111. The lowest BCUT2D eigenvalue weighted by atomic mass is 9.95. The summed E-state index contributed by atoms with van der Waals surface area (Å²) in [7, 11) is 0. The van der Waals surface area contributed by atoms with Crippen LogP contribution in [0.1, 0.15) is 28.2 Å². The molecule has 5 rings (SSSR count). The highest BCUT2D eigenvalue weighted by Crippen LogP contribution is 2.68. The third kappa shape index (κ3) is 3.36. The van der Waals surface area contributed by atoms with Crippen molar-refractivity contribution in [2.75, 3.05) is 19.7 Å². The van der Waals surface area contributed by atoms with Crippen molar-refractivity contribution >= 4 is 24.8 Å². The largest absolute Gasteiger partial charge is 0.396 e. The predicted octanol–water partition coefficient (Wildman–Crippen LogP) is 2.70. The number of halogens is 2. The van der Waals surface area contributed by atoms with E-state index >= 15 is 0 Å². The topological polar surface area (TPSA) is 55.7 Å². The van der Waals surface area contributed by atoms with E-state index in [2.05, 4.69) is 40.5 Å². The molecule has 0 radical (unpaired) electrons. The van der Waals surface area contributed by atoms with Gasteiger partial charge in [0.05, 0.1) is 6.10 Å². The Labute approximate surface area is 178 Å². The average Bonchev–Trinajstić information content (AvgIpc) is 2.91. The highest BCUT2D eigenvalue weighted by molar-refractivity contribution is 5.85. The van der Waals surface area contributed by atoms with Gasteiger partial charge in [-0.25, -0.2) is 0 Å². The Hall–Kier alpha value is -1.14. The molecule has 2 aromatic rings. The maximum Gasteiger partial charge on any atom is 0.0745 e. The van der Waals surface area contributed by atoms with E-state index in [1.165, 1.54) is 22.3 Å². The first kappa shape index (κ1) is 21.6. The molecule has 2 fully saturated rings. The van der Waals surface area contributed by atoms with Gasteiger partial charge in [0.2, 0.25) is 0 Å². The maximum absolute atomic E-state index is 10.9. The Bertz CT molecular complexity index is 819. The fraction of sp³-hybridized carbons (Fsp3) is 0.455. The number of hydrogen-bond donors (Lipinski definition) is 3. The third-order valence-electron chi connectivity index (χ3n) is 6.77. The number of hydrogen-bond acceptors (Lipinski definition) is 4. The molecule has 0 bridgehead atoms. The minimum Gasteiger partial charge on any atom is -0.396 e. The van der Waals surface area contributed by atoms with Crippen LogP contribution in [0.2, 0.25) is 0 Å². The van der Waals surface area contributed by atoms with Gasteiger partial charge in [-0.15, -0.1) is 24.8 Å². The van der Waals surface area contributed by atoms with Gasteiger partial charge in [0.1, 0.15) is 0 Å². The summed E-state index contributed by atoms with van der Waals surface area (Å²) in [6, 6.07) is 17.1. The summed E-state index contributed by atoms with van der Waals surface area (Å²) < 4.78 is 0. The van der Waals surface area contributed by atoms with Gasteiger partial charge >= 0.3 is 0 Å². The fourth-order valence-corrected chi connectivity index (χ4v) is 5.49. The van der Waals surface area contributed by atoms with Crippen molar-refractivity contribution in [1.29, 1.82) is 0 Å².